The minimum absolute atomic E-state index is 0.115. The van der Waals surface area contributed by atoms with Crippen molar-refractivity contribution in [1.29, 1.82) is 0 Å². The Bertz CT molecular complexity index is 1430. The van der Waals surface area contributed by atoms with Crippen LogP contribution in [-0.2, 0) is 11.6 Å². The van der Waals surface area contributed by atoms with Crippen LogP contribution in [0.1, 0.15) is 47.8 Å². The first-order chi connectivity index (χ1) is 17.5. The lowest BCUT2D eigenvalue weighted by Crippen LogP contribution is -2.20. The molecule has 0 unspecified atom stereocenters. The number of rotatable bonds is 6. The smallest absolute Gasteiger partial charge is 0.418 e. The molecule has 38 heavy (non-hydrogen) atoms. The monoisotopic (exact) mass is 549 g/mol. The van der Waals surface area contributed by atoms with Crippen LogP contribution in [0.4, 0.5) is 30.2 Å². The van der Waals surface area contributed by atoms with Gasteiger partial charge in [0.25, 0.3) is 17.3 Å². The van der Waals surface area contributed by atoms with Gasteiger partial charge in [-0.3, -0.25) is 25.0 Å². The fourth-order valence-corrected chi connectivity index (χ4v) is 4.59. The van der Waals surface area contributed by atoms with Gasteiger partial charge in [-0.1, -0.05) is 32.5 Å². The molecular formula is C25H22F3N3O6S. The summed E-state index contributed by atoms with van der Waals surface area (Å²) in [5, 5.41) is 35.1. The molecule has 0 bridgehead atoms. The van der Waals surface area contributed by atoms with Gasteiger partial charge in [0, 0.05) is 39.6 Å². The molecule has 0 heterocycles. The van der Waals surface area contributed by atoms with Crippen LogP contribution in [-0.4, -0.2) is 20.9 Å². The van der Waals surface area contributed by atoms with E-state index in [1.54, 1.807) is 26.8 Å². The van der Waals surface area contributed by atoms with Crippen LogP contribution in [0, 0.1) is 27.2 Å². The summed E-state index contributed by atoms with van der Waals surface area (Å²) in [6.45, 7) is 6.84. The summed E-state index contributed by atoms with van der Waals surface area (Å²) in [7, 11) is 0. The molecule has 0 aliphatic rings. The van der Waals surface area contributed by atoms with E-state index in [-0.39, 0.29) is 16.8 Å². The lowest BCUT2D eigenvalue weighted by atomic mass is 9.84. The van der Waals surface area contributed by atoms with Crippen molar-refractivity contribution in [1.82, 2.24) is 0 Å². The Morgan fingerprint density at radius 3 is 1.97 bits per heavy atom. The molecule has 2 N–H and O–H groups in total. The van der Waals surface area contributed by atoms with Crippen molar-refractivity contribution in [3.63, 3.8) is 0 Å². The van der Waals surface area contributed by atoms with Crippen molar-refractivity contribution in [3.05, 3.63) is 91.0 Å². The number of nitro groups is 2. The number of non-ortho nitro benzene ring substituents is 2. The quantitative estimate of drug-likeness (QED) is 0.244. The molecule has 200 valence electrons. The molecule has 0 spiro atoms. The van der Waals surface area contributed by atoms with Gasteiger partial charge >= 0.3 is 6.18 Å². The highest BCUT2D eigenvalue weighted by atomic mass is 32.2. The second-order valence-electron chi connectivity index (χ2n) is 9.31. The molecule has 0 aliphatic heterocycles. The molecule has 3 aromatic rings. The number of carbonyl (C=O) groups excluding carboxylic acids is 1. The number of alkyl halides is 3. The van der Waals surface area contributed by atoms with E-state index in [1.165, 1.54) is 31.2 Å². The second kappa shape index (κ2) is 10.3. The summed E-state index contributed by atoms with van der Waals surface area (Å²) in [5.41, 5.74) is -3.39. The maximum Gasteiger partial charge on any atom is 0.418 e. The molecule has 0 saturated carbocycles. The summed E-state index contributed by atoms with van der Waals surface area (Å²) in [4.78, 5) is 34.8. The van der Waals surface area contributed by atoms with Crippen molar-refractivity contribution < 1.29 is 32.9 Å². The molecule has 0 aromatic heterocycles. The number of amides is 1. The van der Waals surface area contributed by atoms with Gasteiger partial charge < -0.3 is 10.4 Å². The van der Waals surface area contributed by atoms with Gasteiger partial charge in [0.15, 0.2) is 0 Å². The van der Waals surface area contributed by atoms with E-state index in [0.29, 0.717) is 21.4 Å². The van der Waals surface area contributed by atoms with E-state index < -0.39 is 50.0 Å². The van der Waals surface area contributed by atoms with E-state index in [1.807, 2.05) is 0 Å². The Morgan fingerprint density at radius 1 is 0.921 bits per heavy atom. The first-order valence-corrected chi connectivity index (χ1v) is 11.8. The number of carbonyl (C=O) groups is 1. The number of nitro benzene ring substituents is 2. The van der Waals surface area contributed by atoms with Gasteiger partial charge in [0.2, 0.25) is 0 Å². The zero-order valence-electron chi connectivity index (χ0n) is 20.5. The third-order valence-electron chi connectivity index (χ3n) is 5.59. The van der Waals surface area contributed by atoms with Gasteiger partial charge in [-0.15, -0.1) is 0 Å². The summed E-state index contributed by atoms with van der Waals surface area (Å²) in [6, 6.07) is 9.23. The van der Waals surface area contributed by atoms with E-state index >= 15 is 0 Å². The number of halogens is 3. The average Bonchev–Trinajstić information content (AvgIpc) is 2.79. The van der Waals surface area contributed by atoms with E-state index in [0.717, 1.165) is 23.9 Å². The minimum atomic E-state index is -5.00. The number of phenols is 1. The Morgan fingerprint density at radius 2 is 1.47 bits per heavy atom. The fourth-order valence-electron chi connectivity index (χ4n) is 3.64. The van der Waals surface area contributed by atoms with Crippen LogP contribution in [0.5, 0.6) is 5.75 Å². The van der Waals surface area contributed by atoms with Gasteiger partial charge in [0.1, 0.15) is 5.75 Å². The molecule has 0 radical (unpaired) electrons. The second-order valence-corrected chi connectivity index (χ2v) is 10.4. The van der Waals surface area contributed by atoms with Gasteiger partial charge in [-0.25, -0.2) is 0 Å². The molecule has 3 aromatic carbocycles. The lowest BCUT2D eigenvalue weighted by molar-refractivity contribution is -0.385. The Hall–Kier alpha value is -4.13. The largest absolute Gasteiger partial charge is 0.507 e. The maximum atomic E-state index is 13.6. The molecule has 0 aliphatic carbocycles. The van der Waals surface area contributed by atoms with Gasteiger partial charge in [-0.05, 0) is 42.2 Å². The number of phenolic OH excluding ortho intramolecular Hbond substituents is 1. The average molecular weight is 550 g/mol. The maximum absolute atomic E-state index is 13.6. The highest BCUT2D eigenvalue weighted by molar-refractivity contribution is 7.99. The van der Waals surface area contributed by atoms with Crippen molar-refractivity contribution >= 4 is 34.7 Å². The zero-order chi connectivity index (χ0) is 28.6. The van der Waals surface area contributed by atoms with Gasteiger partial charge in [0.05, 0.1) is 26.7 Å². The van der Waals surface area contributed by atoms with Crippen molar-refractivity contribution in [3.8, 4) is 5.75 Å². The van der Waals surface area contributed by atoms with Crippen LogP contribution in [0.3, 0.4) is 0 Å². The topological polar surface area (TPSA) is 136 Å². The third-order valence-corrected chi connectivity index (χ3v) is 6.74. The lowest BCUT2D eigenvalue weighted by Gasteiger charge is -2.25. The Labute approximate surface area is 219 Å². The van der Waals surface area contributed by atoms with Crippen LogP contribution in [0.15, 0.2) is 58.3 Å². The molecule has 1 amide bonds. The summed E-state index contributed by atoms with van der Waals surface area (Å²) in [6.07, 6.45) is -5.00. The molecular weight excluding hydrogens is 527 g/mol. The summed E-state index contributed by atoms with van der Waals surface area (Å²) in [5.74, 6) is -1.47. The molecule has 0 saturated heterocycles. The summed E-state index contributed by atoms with van der Waals surface area (Å²) >= 11 is 1.16. The van der Waals surface area contributed by atoms with Crippen molar-refractivity contribution in [2.45, 2.75) is 49.1 Å². The summed E-state index contributed by atoms with van der Waals surface area (Å²) < 4.78 is 40.9. The molecule has 0 fully saturated rings. The first-order valence-electron chi connectivity index (χ1n) is 11.0. The van der Waals surface area contributed by atoms with E-state index in [2.05, 4.69) is 5.32 Å². The van der Waals surface area contributed by atoms with Gasteiger partial charge in [-0.2, -0.15) is 13.2 Å². The van der Waals surface area contributed by atoms with Crippen LogP contribution in [0.2, 0.25) is 0 Å². The molecule has 13 heteroatoms. The number of nitrogens with one attached hydrogen (secondary N) is 1. The zero-order valence-corrected chi connectivity index (χ0v) is 21.4. The standard InChI is InChI=1S/C25H22F3N3O6S/c1-13-20(38-16-8-5-14(6-9-16)30(34)35)12-18(24(2,3)4)22(32)21(13)23(33)29-19-10-7-15(31(36)37)11-17(19)25(26,27)28/h5-12,32H,1-4H3,(H,29,33). The van der Waals surface area contributed by atoms with E-state index in [9.17, 15) is 43.3 Å². The van der Waals surface area contributed by atoms with Crippen molar-refractivity contribution in [2.75, 3.05) is 5.32 Å². The number of anilines is 1. The highest BCUT2D eigenvalue weighted by Gasteiger charge is 2.36. The van der Waals surface area contributed by atoms with E-state index in [4.69, 9.17) is 0 Å². The fraction of sp³-hybridized carbons (Fsp3) is 0.240. The predicted molar refractivity (Wildman–Crippen MR) is 135 cm³/mol. The Balaban J connectivity index is 2.11. The number of hydrogen-bond acceptors (Lipinski definition) is 7. The third kappa shape index (κ3) is 6.05. The SMILES string of the molecule is Cc1c(Sc2ccc([N+](=O)[O-])cc2)cc(C(C)(C)C)c(O)c1C(=O)Nc1ccc([N+](=O)[O-])cc1C(F)(F)F. The highest BCUT2D eigenvalue weighted by Crippen LogP contribution is 2.43. The molecule has 9 nitrogen and oxygen atoms in total. The number of aromatic hydroxyl groups is 1. The normalized spacial score (nSPS) is 11.8. The van der Waals surface area contributed by atoms with Crippen LogP contribution >= 0.6 is 11.8 Å². The first kappa shape index (κ1) is 28.4. The molecule has 3 rings (SSSR count). The predicted octanol–water partition coefficient (Wildman–Crippen LogP) is 7.24. The van der Waals surface area contributed by atoms with Crippen LogP contribution < -0.4 is 5.32 Å². The number of benzene rings is 3. The van der Waals surface area contributed by atoms with Crippen molar-refractivity contribution in [2.24, 2.45) is 0 Å². The number of nitrogens with zero attached hydrogens (tertiary/aromatic N) is 2. The Kier molecular flexibility index (Phi) is 7.73. The minimum Gasteiger partial charge on any atom is -0.507 e. The van der Waals surface area contributed by atoms with Crippen LogP contribution in [0.25, 0.3) is 0 Å². The number of hydrogen-bond donors (Lipinski definition) is 2. The molecule has 0 atom stereocenters.